The molecular weight excluding hydrogens is 489 g/mol. The van der Waals surface area contributed by atoms with E-state index in [0.717, 1.165) is 42.5 Å². The first-order valence-electron chi connectivity index (χ1n) is 13.4. The molecule has 3 aliphatic rings. The van der Waals surface area contributed by atoms with Crippen LogP contribution in [-0.4, -0.2) is 75.2 Å². The Bertz CT molecular complexity index is 1430. The Kier molecular flexibility index (Phi) is 6.67. The monoisotopic (exact) mass is 523 g/mol. The number of anilines is 1. The topological polar surface area (TPSA) is 102 Å². The van der Waals surface area contributed by atoms with E-state index in [1.807, 2.05) is 13.0 Å². The number of likely N-dealkylation sites (tertiary alicyclic amines) is 1. The van der Waals surface area contributed by atoms with E-state index in [4.69, 9.17) is 9.47 Å². The van der Waals surface area contributed by atoms with E-state index in [1.165, 1.54) is 0 Å². The molecule has 38 heavy (non-hydrogen) atoms. The molecule has 202 valence electrons. The molecule has 9 nitrogen and oxygen atoms in total. The van der Waals surface area contributed by atoms with E-state index >= 15 is 4.39 Å². The first kappa shape index (κ1) is 25.4. The second-order valence-corrected chi connectivity index (χ2v) is 10.9. The Balaban J connectivity index is 1.41. The van der Waals surface area contributed by atoms with Crippen LogP contribution >= 0.6 is 0 Å². The van der Waals surface area contributed by atoms with Crippen LogP contribution in [0.3, 0.4) is 0 Å². The summed E-state index contributed by atoms with van der Waals surface area (Å²) in [6.07, 6.45) is 2.36. The number of nitrogens with one attached hydrogen (secondary N) is 1. The third kappa shape index (κ3) is 4.49. The van der Waals surface area contributed by atoms with Crippen LogP contribution in [0.5, 0.6) is 0 Å². The van der Waals surface area contributed by atoms with Gasteiger partial charge in [0.05, 0.1) is 43.2 Å². The molecule has 3 aromatic rings. The molecule has 2 aromatic heterocycles. The van der Waals surface area contributed by atoms with Crippen LogP contribution in [0.4, 0.5) is 10.3 Å². The van der Waals surface area contributed by atoms with E-state index < -0.39 is 11.9 Å². The number of aliphatic hydroxyl groups excluding tert-OH is 1. The molecule has 3 saturated heterocycles. The number of hydrogen-bond acceptors (Lipinski definition) is 8. The Morgan fingerprint density at radius 3 is 2.84 bits per heavy atom. The fraction of sp³-hybridized carbons (Fsp3) is 0.536. The number of benzene rings is 1. The van der Waals surface area contributed by atoms with Crippen LogP contribution in [0, 0.1) is 12.7 Å². The quantitative estimate of drug-likeness (QED) is 0.509. The number of nitrogens with zero attached hydrogens (tertiary/aromatic N) is 4. The largest absolute Gasteiger partial charge is 0.389 e. The smallest absolute Gasteiger partial charge is 0.223 e. The molecule has 2 N–H and O–H groups in total. The molecule has 2 bridgehead atoms. The zero-order valence-corrected chi connectivity index (χ0v) is 22.0. The average molecular weight is 524 g/mol. The molecule has 3 aliphatic heterocycles. The molecule has 0 spiro atoms. The number of rotatable bonds is 6. The number of hydrogen-bond donors (Lipinski definition) is 2. The molecule has 0 radical (unpaired) electrons. The number of aliphatic hydroxyl groups is 1. The number of halogens is 1. The molecule has 10 heteroatoms. The van der Waals surface area contributed by atoms with Crippen LogP contribution < -0.4 is 10.7 Å². The summed E-state index contributed by atoms with van der Waals surface area (Å²) in [6, 6.07) is 5.56. The lowest BCUT2D eigenvalue weighted by Gasteiger charge is -2.30. The summed E-state index contributed by atoms with van der Waals surface area (Å²) in [5.74, 6) is -0.314. The summed E-state index contributed by atoms with van der Waals surface area (Å²) in [7, 11) is 0. The summed E-state index contributed by atoms with van der Waals surface area (Å²) in [5, 5.41) is 14.0. The summed E-state index contributed by atoms with van der Waals surface area (Å²) < 4.78 is 28.3. The van der Waals surface area contributed by atoms with Crippen LogP contribution in [0.1, 0.15) is 44.0 Å². The molecule has 0 unspecified atom stereocenters. The van der Waals surface area contributed by atoms with Crippen molar-refractivity contribution < 1.29 is 19.0 Å². The van der Waals surface area contributed by atoms with Crippen molar-refractivity contribution in [1.82, 2.24) is 19.4 Å². The van der Waals surface area contributed by atoms with E-state index in [9.17, 15) is 9.90 Å². The molecular formula is C28H34FN5O4. The number of aromatic nitrogens is 3. The molecule has 0 amide bonds. The zero-order chi connectivity index (χ0) is 26.6. The van der Waals surface area contributed by atoms with Gasteiger partial charge in [0.1, 0.15) is 5.69 Å². The molecule has 0 aliphatic carbocycles. The number of pyridine rings is 1. The second kappa shape index (κ2) is 10.00. The highest BCUT2D eigenvalue weighted by Gasteiger charge is 2.39. The minimum Gasteiger partial charge on any atom is -0.389 e. The second-order valence-electron chi connectivity index (χ2n) is 10.9. The molecule has 6 rings (SSSR count). The van der Waals surface area contributed by atoms with Crippen molar-refractivity contribution in [2.75, 3.05) is 31.7 Å². The van der Waals surface area contributed by atoms with E-state index in [2.05, 4.69) is 38.6 Å². The predicted octanol–water partition coefficient (Wildman–Crippen LogP) is 3.02. The van der Waals surface area contributed by atoms with Gasteiger partial charge in [-0.25, -0.2) is 14.4 Å². The van der Waals surface area contributed by atoms with Crippen molar-refractivity contribution in [3.63, 3.8) is 0 Å². The van der Waals surface area contributed by atoms with Gasteiger partial charge in [-0.3, -0.25) is 9.69 Å². The van der Waals surface area contributed by atoms with Crippen LogP contribution in [0.2, 0.25) is 0 Å². The lowest BCUT2D eigenvalue weighted by Crippen LogP contribution is -2.42. The minimum absolute atomic E-state index is 0.00178. The van der Waals surface area contributed by atoms with Crippen molar-refractivity contribution in [1.29, 1.82) is 0 Å². The van der Waals surface area contributed by atoms with E-state index in [0.29, 0.717) is 36.6 Å². The number of ether oxygens (including phenoxy) is 2. The summed E-state index contributed by atoms with van der Waals surface area (Å²) in [5.41, 5.74) is 3.20. The maximum absolute atomic E-state index is 15.0. The van der Waals surface area contributed by atoms with Crippen molar-refractivity contribution in [3.8, 4) is 11.3 Å². The lowest BCUT2D eigenvalue weighted by molar-refractivity contribution is -0.0136. The Labute approximate surface area is 220 Å². The van der Waals surface area contributed by atoms with E-state index in [1.54, 1.807) is 12.1 Å². The molecule has 0 saturated carbocycles. The normalized spacial score (nSPS) is 25.5. The number of fused-ring (bicyclic) bond motifs is 3. The van der Waals surface area contributed by atoms with Gasteiger partial charge >= 0.3 is 0 Å². The van der Waals surface area contributed by atoms with Gasteiger partial charge in [0.15, 0.2) is 11.2 Å². The number of morpholine rings is 1. The van der Waals surface area contributed by atoms with Crippen LogP contribution in [0.15, 0.2) is 29.2 Å². The third-order valence-corrected chi connectivity index (χ3v) is 8.11. The Hall–Kier alpha value is -2.92. The third-order valence-electron chi connectivity index (χ3n) is 8.11. The highest BCUT2D eigenvalue weighted by atomic mass is 19.1. The van der Waals surface area contributed by atoms with Gasteiger partial charge in [0.2, 0.25) is 5.95 Å². The summed E-state index contributed by atoms with van der Waals surface area (Å²) >= 11 is 0. The van der Waals surface area contributed by atoms with Gasteiger partial charge < -0.3 is 24.5 Å². The maximum atomic E-state index is 15.0. The first-order valence-corrected chi connectivity index (χ1v) is 13.4. The van der Waals surface area contributed by atoms with Gasteiger partial charge in [-0.1, -0.05) is 6.07 Å². The highest BCUT2D eigenvalue weighted by molar-refractivity contribution is 5.85. The van der Waals surface area contributed by atoms with Crippen molar-refractivity contribution in [2.24, 2.45) is 0 Å². The average Bonchev–Trinajstić information content (AvgIpc) is 3.53. The molecule has 4 atom stereocenters. The van der Waals surface area contributed by atoms with Gasteiger partial charge in [-0.15, -0.1) is 0 Å². The molecule has 5 heterocycles. The van der Waals surface area contributed by atoms with Gasteiger partial charge in [-0.2, -0.15) is 0 Å². The van der Waals surface area contributed by atoms with Gasteiger partial charge in [0.25, 0.3) is 0 Å². The Morgan fingerprint density at radius 2 is 2.13 bits per heavy atom. The van der Waals surface area contributed by atoms with Crippen LogP contribution in [-0.2, 0) is 16.0 Å². The van der Waals surface area contributed by atoms with E-state index in [-0.39, 0.29) is 41.9 Å². The minimum atomic E-state index is -0.693. The maximum Gasteiger partial charge on any atom is 0.223 e. The highest BCUT2D eigenvalue weighted by Crippen LogP contribution is 2.32. The van der Waals surface area contributed by atoms with Crippen LogP contribution in [0.25, 0.3) is 22.2 Å². The fourth-order valence-electron chi connectivity index (χ4n) is 6.08. The van der Waals surface area contributed by atoms with Crippen molar-refractivity contribution in [2.45, 2.75) is 70.5 Å². The Morgan fingerprint density at radius 1 is 1.29 bits per heavy atom. The standard InChI is InChI=1S/C28H34FN5O4/c1-15(2)34-23-8-17(26-21(29)10-30-28(32-26)31-22-6-7-37-14-25(22)35)4-5-20(23)27(36)16(3)24(34)12-33-11-19-9-18(33)13-38-19/h4-5,8,10,15,18-19,22,25,35H,6-7,9,11-14H2,1-3H3,(H,30,31,32)/t18-,19-,22+,25+/m0/s1. The first-order chi connectivity index (χ1) is 18.3. The predicted molar refractivity (Wildman–Crippen MR) is 142 cm³/mol. The molecule has 3 fully saturated rings. The summed E-state index contributed by atoms with van der Waals surface area (Å²) in [6.45, 7) is 9.15. The summed E-state index contributed by atoms with van der Waals surface area (Å²) in [4.78, 5) is 24.5. The van der Waals surface area contributed by atoms with Crippen molar-refractivity contribution >= 4 is 16.9 Å². The van der Waals surface area contributed by atoms with Gasteiger partial charge in [0, 0.05) is 54.0 Å². The van der Waals surface area contributed by atoms with Gasteiger partial charge in [-0.05, 0) is 45.7 Å². The fourth-order valence-corrected chi connectivity index (χ4v) is 6.08. The lowest BCUT2D eigenvalue weighted by atomic mass is 10.0. The zero-order valence-electron chi connectivity index (χ0n) is 22.0. The molecule has 1 aromatic carbocycles. The van der Waals surface area contributed by atoms with Crippen molar-refractivity contribution in [3.05, 3.63) is 51.7 Å². The SMILES string of the molecule is Cc1c(CN2C[C@@H]3C[C@H]2CO3)n(C(C)C)c2cc(-c3nc(N[C@@H]4CCOC[C@H]4O)ncc3F)ccc2c1=O.